The Bertz CT molecular complexity index is 597. The molecule has 0 saturated carbocycles. The van der Waals surface area contributed by atoms with Gasteiger partial charge in [0.05, 0.1) is 5.56 Å². The first-order valence-corrected chi connectivity index (χ1v) is 5.64. The van der Waals surface area contributed by atoms with E-state index in [-0.39, 0.29) is 11.1 Å². The normalized spacial score (nSPS) is 9.71. The molecule has 1 aromatic carbocycles. The van der Waals surface area contributed by atoms with Gasteiger partial charge >= 0.3 is 11.9 Å². The number of amides is 2. The van der Waals surface area contributed by atoms with E-state index in [0.29, 0.717) is 0 Å². The van der Waals surface area contributed by atoms with Crippen molar-refractivity contribution in [3.8, 4) is 5.75 Å². The molecule has 0 aliphatic rings. The van der Waals surface area contributed by atoms with E-state index in [1.54, 1.807) is 0 Å². The first kappa shape index (κ1) is 16.0. The third kappa shape index (κ3) is 4.82. The maximum absolute atomic E-state index is 11.6. The predicted octanol–water partition coefficient (Wildman–Crippen LogP) is -0.979. The summed E-state index contributed by atoms with van der Waals surface area (Å²) in [5, 5.41) is 30.6. The molecule has 0 aromatic heterocycles. The first-order valence-electron chi connectivity index (χ1n) is 5.64. The number of carbonyl (C=O) groups is 4. The molecule has 9 nitrogen and oxygen atoms in total. The molecule has 0 aliphatic heterocycles. The average molecular weight is 296 g/mol. The number of aromatic hydroxyl groups is 1. The predicted molar refractivity (Wildman–Crippen MR) is 68.0 cm³/mol. The Morgan fingerprint density at radius 1 is 0.905 bits per heavy atom. The number of carboxylic acids is 2. The van der Waals surface area contributed by atoms with E-state index in [1.165, 1.54) is 6.07 Å². The zero-order valence-corrected chi connectivity index (χ0v) is 10.6. The van der Waals surface area contributed by atoms with Crippen LogP contribution in [0.15, 0.2) is 18.2 Å². The smallest absolute Gasteiger partial charge is 0.322 e. The lowest BCUT2D eigenvalue weighted by Gasteiger charge is -2.07. The van der Waals surface area contributed by atoms with Crippen LogP contribution in [0.2, 0.25) is 0 Å². The van der Waals surface area contributed by atoms with Gasteiger partial charge in [-0.05, 0) is 18.2 Å². The van der Waals surface area contributed by atoms with Crippen LogP contribution in [0.25, 0.3) is 0 Å². The summed E-state index contributed by atoms with van der Waals surface area (Å²) in [5.74, 6) is -4.54. The van der Waals surface area contributed by atoms with E-state index < -0.39 is 42.6 Å². The number of phenols is 1. The summed E-state index contributed by atoms with van der Waals surface area (Å²) in [7, 11) is 0. The van der Waals surface area contributed by atoms with E-state index >= 15 is 0 Å². The average Bonchev–Trinajstić information content (AvgIpc) is 2.41. The van der Waals surface area contributed by atoms with Crippen LogP contribution in [-0.2, 0) is 9.59 Å². The van der Waals surface area contributed by atoms with E-state index in [0.717, 1.165) is 12.1 Å². The lowest BCUT2D eigenvalue weighted by Crippen LogP contribution is -2.30. The number of phenolic OH excluding ortho intramolecular Hbond substituents is 1. The Morgan fingerprint density at radius 2 is 1.43 bits per heavy atom. The molecule has 0 aliphatic carbocycles. The van der Waals surface area contributed by atoms with Gasteiger partial charge in [0.1, 0.15) is 18.8 Å². The van der Waals surface area contributed by atoms with Crippen molar-refractivity contribution in [2.45, 2.75) is 0 Å². The fourth-order valence-electron chi connectivity index (χ4n) is 1.37. The van der Waals surface area contributed by atoms with Gasteiger partial charge in [0.2, 0.25) is 0 Å². The van der Waals surface area contributed by atoms with Crippen LogP contribution in [0, 0.1) is 0 Å². The minimum atomic E-state index is -1.24. The van der Waals surface area contributed by atoms with Gasteiger partial charge in [-0.15, -0.1) is 0 Å². The summed E-state index contributed by atoms with van der Waals surface area (Å²) in [6.45, 7) is -1.19. The molecule has 0 heterocycles. The molecular weight excluding hydrogens is 284 g/mol. The molecule has 2 amide bonds. The quantitative estimate of drug-likeness (QED) is 0.452. The lowest BCUT2D eigenvalue weighted by atomic mass is 10.1. The highest BCUT2D eigenvalue weighted by molar-refractivity contribution is 6.01. The van der Waals surface area contributed by atoms with Crippen molar-refractivity contribution in [3.05, 3.63) is 29.3 Å². The summed E-state index contributed by atoms with van der Waals surface area (Å²) in [6.07, 6.45) is 0. The number of rotatable bonds is 6. The van der Waals surface area contributed by atoms with Gasteiger partial charge in [-0.1, -0.05) is 0 Å². The largest absolute Gasteiger partial charge is 0.507 e. The van der Waals surface area contributed by atoms with Gasteiger partial charge in [0, 0.05) is 5.56 Å². The van der Waals surface area contributed by atoms with Gasteiger partial charge < -0.3 is 26.0 Å². The molecule has 21 heavy (non-hydrogen) atoms. The van der Waals surface area contributed by atoms with E-state index in [9.17, 15) is 24.3 Å². The summed E-state index contributed by atoms with van der Waals surface area (Å²) < 4.78 is 0. The number of aliphatic carboxylic acids is 2. The van der Waals surface area contributed by atoms with Crippen molar-refractivity contribution in [1.82, 2.24) is 10.6 Å². The van der Waals surface area contributed by atoms with Crippen molar-refractivity contribution in [2.24, 2.45) is 0 Å². The highest BCUT2D eigenvalue weighted by atomic mass is 16.4. The molecule has 0 spiro atoms. The summed E-state index contributed by atoms with van der Waals surface area (Å²) in [6, 6.07) is 3.31. The fraction of sp³-hybridized carbons (Fsp3) is 0.167. The standard InChI is InChI=1S/C12H12N2O7/c15-8-3-6(11(20)13-4-9(16)17)1-2-7(8)12(21)14-5-10(18)19/h1-3,15H,4-5H2,(H,13,20)(H,14,21)(H,16,17)(H,18,19). The minimum Gasteiger partial charge on any atom is -0.507 e. The second-order valence-electron chi connectivity index (χ2n) is 3.88. The van der Waals surface area contributed by atoms with Gasteiger partial charge in [-0.2, -0.15) is 0 Å². The van der Waals surface area contributed by atoms with Crippen LogP contribution in [0.4, 0.5) is 0 Å². The first-order chi connectivity index (χ1) is 9.81. The maximum Gasteiger partial charge on any atom is 0.322 e. The molecular formula is C12H12N2O7. The monoisotopic (exact) mass is 296 g/mol. The lowest BCUT2D eigenvalue weighted by molar-refractivity contribution is -0.136. The second-order valence-corrected chi connectivity index (χ2v) is 3.88. The van der Waals surface area contributed by atoms with Crippen molar-refractivity contribution >= 4 is 23.8 Å². The SMILES string of the molecule is O=C(O)CNC(=O)c1ccc(C(=O)NCC(=O)O)c(O)c1. The Balaban J connectivity index is 2.80. The van der Waals surface area contributed by atoms with Gasteiger partial charge in [-0.3, -0.25) is 19.2 Å². The zero-order chi connectivity index (χ0) is 16.0. The molecule has 5 N–H and O–H groups in total. The highest BCUT2D eigenvalue weighted by Crippen LogP contribution is 2.18. The van der Waals surface area contributed by atoms with Gasteiger partial charge in [-0.25, -0.2) is 0 Å². The molecule has 1 rings (SSSR count). The summed E-state index contributed by atoms with van der Waals surface area (Å²) in [5.41, 5.74) is -0.241. The fourth-order valence-corrected chi connectivity index (χ4v) is 1.37. The third-order valence-corrected chi connectivity index (χ3v) is 2.30. The van der Waals surface area contributed by atoms with Crippen LogP contribution in [0.5, 0.6) is 5.75 Å². The van der Waals surface area contributed by atoms with Crippen LogP contribution >= 0.6 is 0 Å². The minimum absolute atomic E-state index is 0.0384. The van der Waals surface area contributed by atoms with Crippen LogP contribution in [0.1, 0.15) is 20.7 Å². The van der Waals surface area contributed by atoms with Crippen molar-refractivity contribution < 1.29 is 34.5 Å². The molecule has 0 radical (unpaired) electrons. The molecule has 1 aromatic rings. The molecule has 0 bridgehead atoms. The van der Waals surface area contributed by atoms with Crippen molar-refractivity contribution in [3.63, 3.8) is 0 Å². The highest BCUT2D eigenvalue weighted by Gasteiger charge is 2.15. The number of carbonyl (C=O) groups excluding carboxylic acids is 2. The molecule has 0 unspecified atom stereocenters. The Kier molecular flexibility index (Phi) is 5.24. The molecule has 0 saturated heterocycles. The summed E-state index contributed by atoms with van der Waals surface area (Å²) >= 11 is 0. The Labute approximate surface area is 118 Å². The maximum atomic E-state index is 11.6. The van der Waals surface area contributed by atoms with Crippen molar-refractivity contribution in [2.75, 3.05) is 13.1 Å². The number of carboxylic acid groups (broad SMARTS) is 2. The van der Waals surface area contributed by atoms with Crippen LogP contribution in [0.3, 0.4) is 0 Å². The molecule has 0 fully saturated rings. The zero-order valence-electron chi connectivity index (χ0n) is 10.6. The topological polar surface area (TPSA) is 153 Å². The second kappa shape index (κ2) is 6.89. The Morgan fingerprint density at radius 3 is 1.90 bits per heavy atom. The Hall–Kier alpha value is -3.10. The van der Waals surface area contributed by atoms with E-state index in [4.69, 9.17) is 10.2 Å². The summed E-state index contributed by atoms with van der Waals surface area (Å²) in [4.78, 5) is 43.7. The number of benzene rings is 1. The number of nitrogens with one attached hydrogen (secondary N) is 2. The van der Waals surface area contributed by atoms with Crippen LogP contribution in [-0.4, -0.2) is 52.2 Å². The van der Waals surface area contributed by atoms with Crippen molar-refractivity contribution in [1.29, 1.82) is 0 Å². The van der Waals surface area contributed by atoms with Gasteiger partial charge in [0.15, 0.2) is 0 Å². The van der Waals surface area contributed by atoms with Gasteiger partial charge in [0.25, 0.3) is 11.8 Å². The number of hydrogen-bond acceptors (Lipinski definition) is 5. The molecule has 112 valence electrons. The van der Waals surface area contributed by atoms with Crippen LogP contribution < -0.4 is 10.6 Å². The molecule has 0 atom stereocenters. The van der Waals surface area contributed by atoms with E-state index in [1.807, 2.05) is 0 Å². The third-order valence-electron chi connectivity index (χ3n) is 2.30. The molecule has 9 heteroatoms. The van der Waals surface area contributed by atoms with E-state index in [2.05, 4.69) is 10.6 Å². The number of hydrogen-bond donors (Lipinski definition) is 5.